The summed E-state index contributed by atoms with van der Waals surface area (Å²) in [4.78, 5) is 23.0. The van der Waals surface area contributed by atoms with E-state index in [1.807, 2.05) is 53.1 Å². The monoisotopic (exact) mass is 416 g/mol. The van der Waals surface area contributed by atoms with Gasteiger partial charge in [0, 0.05) is 27.3 Å². The van der Waals surface area contributed by atoms with Crippen molar-refractivity contribution in [2.24, 2.45) is 0 Å². The summed E-state index contributed by atoms with van der Waals surface area (Å²) in [5, 5.41) is 2.63. The second-order valence-electron chi connectivity index (χ2n) is 7.96. The highest BCUT2D eigenvalue weighted by Gasteiger charge is 2.27. The first-order valence-electron chi connectivity index (χ1n) is 10.3. The third kappa shape index (κ3) is 1.96. The molecule has 0 bridgehead atoms. The molecule has 4 heterocycles. The van der Waals surface area contributed by atoms with E-state index < -0.39 is 0 Å². The van der Waals surface area contributed by atoms with Crippen LogP contribution >= 0.6 is 0 Å². The molecule has 3 aromatic carbocycles. The fraction of sp³-hybridized carbons (Fsp3) is 0.0385. The summed E-state index contributed by atoms with van der Waals surface area (Å²) >= 11 is 0. The molecule has 0 N–H and O–H groups in total. The van der Waals surface area contributed by atoms with Crippen LogP contribution in [0.25, 0.3) is 62.0 Å². The molecule has 3 aromatic heterocycles. The molecule has 0 unspecified atom stereocenters. The van der Waals surface area contributed by atoms with Gasteiger partial charge in [-0.25, -0.2) is 9.97 Å². The van der Waals surface area contributed by atoms with Gasteiger partial charge in [0.15, 0.2) is 17.0 Å². The van der Waals surface area contributed by atoms with Gasteiger partial charge in [0.25, 0.3) is 0 Å². The van der Waals surface area contributed by atoms with Gasteiger partial charge in [-0.3, -0.25) is 4.79 Å². The number of Topliss-reactive ketones (excluding diaryl/α,β-unsaturated/α-hetero) is 1. The Morgan fingerprint density at radius 1 is 0.938 bits per heavy atom. The van der Waals surface area contributed by atoms with E-state index in [0.29, 0.717) is 22.5 Å². The molecule has 0 saturated carbocycles. The Balaban J connectivity index is 1.70. The van der Waals surface area contributed by atoms with Gasteiger partial charge < -0.3 is 9.09 Å². The zero-order valence-electron chi connectivity index (χ0n) is 17.0. The highest BCUT2D eigenvalue weighted by atomic mass is 16.5. The van der Waals surface area contributed by atoms with E-state index >= 15 is 0 Å². The van der Waals surface area contributed by atoms with Crippen molar-refractivity contribution in [3.63, 3.8) is 0 Å². The standard InChI is InChI=1S/C26H16N4O2/c1-3-17-19(4-2)30-26(27-17)16-10-9-14-21(31)13-29-20-8-6-5-7-18(20)28-25(29)15-11-12-22(32-30)24(16)23(14)15/h3-12H,1-2,13H2. The quantitative estimate of drug-likeness (QED) is 0.361. The van der Waals surface area contributed by atoms with Gasteiger partial charge in [0.05, 0.1) is 23.3 Å². The second kappa shape index (κ2) is 5.82. The van der Waals surface area contributed by atoms with E-state index in [1.165, 1.54) is 0 Å². The fourth-order valence-electron chi connectivity index (χ4n) is 4.95. The van der Waals surface area contributed by atoms with E-state index in [1.54, 1.807) is 16.7 Å². The van der Waals surface area contributed by atoms with E-state index in [2.05, 4.69) is 13.2 Å². The van der Waals surface area contributed by atoms with Gasteiger partial charge >= 0.3 is 0 Å². The van der Waals surface area contributed by atoms with Crippen molar-refractivity contribution < 1.29 is 9.32 Å². The minimum absolute atomic E-state index is 0.0457. The van der Waals surface area contributed by atoms with E-state index in [9.17, 15) is 4.79 Å². The molecule has 0 radical (unpaired) electrons. The van der Waals surface area contributed by atoms with Crippen LogP contribution < -0.4 is 0 Å². The van der Waals surface area contributed by atoms with Crippen molar-refractivity contribution in [2.75, 3.05) is 0 Å². The van der Waals surface area contributed by atoms with Gasteiger partial charge in [0.1, 0.15) is 11.5 Å². The van der Waals surface area contributed by atoms with Crippen molar-refractivity contribution in [1.29, 1.82) is 0 Å². The minimum atomic E-state index is 0.0457. The van der Waals surface area contributed by atoms with Crippen molar-refractivity contribution in [3.05, 3.63) is 78.6 Å². The Morgan fingerprint density at radius 3 is 2.62 bits per heavy atom. The maximum Gasteiger partial charge on any atom is 0.183 e. The Hall–Kier alpha value is -4.45. The average Bonchev–Trinajstić information content (AvgIpc) is 3.33. The van der Waals surface area contributed by atoms with Gasteiger partial charge in [-0.2, -0.15) is 4.57 Å². The number of fused-ring (bicyclic) bond motifs is 6. The Labute approximate surface area is 181 Å². The van der Waals surface area contributed by atoms with Crippen molar-refractivity contribution in [3.8, 4) is 11.4 Å². The summed E-state index contributed by atoms with van der Waals surface area (Å²) in [6, 6.07) is 15.7. The normalized spacial score (nSPS) is 13.2. The Bertz CT molecular complexity index is 1810. The van der Waals surface area contributed by atoms with Crippen LogP contribution in [0.1, 0.15) is 21.7 Å². The van der Waals surface area contributed by atoms with Gasteiger partial charge in [-0.15, -0.1) is 0 Å². The molecule has 152 valence electrons. The lowest BCUT2D eigenvalue weighted by Gasteiger charge is -2.12. The highest BCUT2D eigenvalue weighted by Crippen LogP contribution is 2.41. The molecule has 1 aliphatic heterocycles. The Kier molecular flexibility index (Phi) is 3.14. The van der Waals surface area contributed by atoms with E-state index in [0.717, 1.165) is 44.3 Å². The number of aromatic nitrogens is 4. The molecule has 1 aliphatic rings. The summed E-state index contributed by atoms with van der Waals surface area (Å²) in [7, 11) is 0. The Morgan fingerprint density at radius 2 is 1.78 bits per heavy atom. The second-order valence-corrected chi connectivity index (χ2v) is 7.96. The number of imidazole rings is 2. The summed E-state index contributed by atoms with van der Waals surface area (Å²) < 4.78 is 9.93. The maximum absolute atomic E-state index is 13.4. The molecule has 0 saturated heterocycles. The van der Waals surface area contributed by atoms with E-state index in [-0.39, 0.29) is 12.3 Å². The lowest BCUT2D eigenvalue weighted by molar-refractivity contribution is 0.0976. The maximum atomic E-state index is 13.4. The third-order valence-electron chi connectivity index (χ3n) is 6.34. The largest absolute Gasteiger partial charge is 0.372 e. The number of benzene rings is 3. The predicted octanol–water partition coefficient (Wildman–Crippen LogP) is 5.73. The van der Waals surface area contributed by atoms with Gasteiger partial charge in [-0.1, -0.05) is 25.3 Å². The molecule has 6 aromatic rings. The number of carbonyl (C=O) groups excluding carboxylic acids is 1. The molecular formula is C26H16N4O2. The number of rotatable bonds is 2. The van der Waals surface area contributed by atoms with Gasteiger partial charge in [0.2, 0.25) is 0 Å². The summed E-state index contributed by atoms with van der Waals surface area (Å²) in [5.74, 6) is 0.832. The highest BCUT2D eigenvalue weighted by molar-refractivity contribution is 6.24. The van der Waals surface area contributed by atoms with Crippen LogP contribution in [-0.2, 0) is 6.54 Å². The number of para-hydroxylation sites is 2. The minimum Gasteiger partial charge on any atom is -0.372 e. The molecule has 0 fully saturated rings. The van der Waals surface area contributed by atoms with Crippen LogP contribution in [0.15, 0.2) is 66.2 Å². The van der Waals surface area contributed by atoms with Crippen LogP contribution in [0, 0.1) is 0 Å². The van der Waals surface area contributed by atoms with Crippen LogP contribution in [0.3, 0.4) is 0 Å². The molecule has 0 atom stereocenters. The average molecular weight is 416 g/mol. The molecular weight excluding hydrogens is 400 g/mol. The third-order valence-corrected chi connectivity index (χ3v) is 6.34. The molecule has 32 heavy (non-hydrogen) atoms. The zero-order valence-corrected chi connectivity index (χ0v) is 17.0. The van der Waals surface area contributed by atoms with Crippen molar-refractivity contribution >= 4 is 56.4 Å². The SMILES string of the molecule is C=Cc1nc2c3ccc4c5c(ccc(on2c1C=C)c53)-c1nc2ccccc2n1CC4=O. The summed E-state index contributed by atoms with van der Waals surface area (Å²) in [5.41, 5.74) is 6.18. The number of ketones is 1. The van der Waals surface area contributed by atoms with Gasteiger partial charge in [-0.05, 0) is 48.6 Å². The van der Waals surface area contributed by atoms with Crippen LogP contribution in [0.2, 0.25) is 0 Å². The zero-order chi connectivity index (χ0) is 21.6. The van der Waals surface area contributed by atoms with Crippen LogP contribution in [-0.4, -0.2) is 24.9 Å². The van der Waals surface area contributed by atoms with Crippen molar-refractivity contribution in [2.45, 2.75) is 6.54 Å². The first-order valence-corrected chi connectivity index (χ1v) is 10.3. The molecule has 6 heteroatoms. The molecule has 0 spiro atoms. The number of hydrogen-bond donors (Lipinski definition) is 0. The lowest BCUT2D eigenvalue weighted by atomic mass is 9.94. The smallest absolute Gasteiger partial charge is 0.183 e. The number of carbonyl (C=O) groups is 1. The predicted molar refractivity (Wildman–Crippen MR) is 126 cm³/mol. The summed E-state index contributed by atoms with van der Waals surface area (Å²) in [6.45, 7) is 8.01. The topological polar surface area (TPSA) is 65.3 Å². The molecule has 0 amide bonds. The summed E-state index contributed by atoms with van der Waals surface area (Å²) in [6.07, 6.45) is 3.39. The lowest BCUT2D eigenvalue weighted by Crippen LogP contribution is -2.09. The van der Waals surface area contributed by atoms with Crippen LogP contribution in [0.5, 0.6) is 0 Å². The number of nitrogens with zero attached hydrogens (tertiary/aromatic N) is 4. The number of hydrogen-bond acceptors (Lipinski definition) is 4. The first kappa shape index (κ1) is 17.3. The fourth-order valence-corrected chi connectivity index (χ4v) is 4.95. The van der Waals surface area contributed by atoms with E-state index in [4.69, 9.17) is 14.5 Å². The molecule has 7 rings (SSSR count). The van der Waals surface area contributed by atoms with Crippen LogP contribution in [0.4, 0.5) is 0 Å². The first-order chi connectivity index (χ1) is 15.7. The molecule has 6 nitrogen and oxygen atoms in total. The molecule has 0 aliphatic carbocycles. The van der Waals surface area contributed by atoms with Crippen molar-refractivity contribution in [1.82, 2.24) is 19.1 Å².